The zero-order valence-corrected chi connectivity index (χ0v) is 16.0. The minimum Gasteiger partial charge on any atom is -0.465 e. The van der Waals surface area contributed by atoms with Gasteiger partial charge in [-0.15, -0.1) is 0 Å². The maximum Gasteiger partial charge on any atom is 0.337 e. The molecule has 0 radical (unpaired) electrons. The topological polar surface area (TPSA) is 84.5 Å². The molecule has 0 atom stereocenters. The average Bonchev–Trinajstić information content (AvgIpc) is 3.02. The summed E-state index contributed by atoms with van der Waals surface area (Å²) in [6.45, 7) is 5.78. The number of nitrogens with one attached hydrogen (secondary N) is 2. The molecule has 2 N–H and O–H groups in total. The van der Waals surface area contributed by atoms with E-state index in [9.17, 15) is 14.4 Å². The van der Waals surface area contributed by atoms with Crippen molar-refractivity contribution in [2.75, 3.05) is 12.4 Å². The molecule has 1 saturated carbocycles. The highest BCUT2D eigenvalue weighted by Gasteiger charge is 2.43. The van der Waals surface area contributed by atoms with Crippen molar-refractivity contribution in [2.24, 2.45) is 5.41 Å². The molecule has 1 aliphatic rings. The standard InChI is InChI=1S/C20H28N2O4/c1-19(2,3)22-16(23)13-20(11-5-6-12-20)18(25)21-15-9-7-14(8-10-15)17(24)26-4/h7-10H,5-6,11-13H2,1-4H3,(H,21,25)(H,22,23). The Balaban J connectivity index is 2.08. The molecule has 1 aromatic rings. The number of methoxy groups -OCH3 is 1. The van der Waals surface area contributed by atoms with Gasteiger partial charge in [0, 0.05) is 17.6 Å². The number of carbonyl (C=O) groups excluding carboxylic acids is 3. The Morgan fingerprint density at radius 2 is 1.65 bits per heavy atom. The van der Waals surface area contributed by atoms with Gasteiger partial charge < -0.3 is 15.4 Å². The first-order chi connectivity index (χ1) is 12.1. The summed E-state index contributed by atoms with van der Waals surface area (Å²) in [5.41, 5.74) is 0.0312. The van der Waals surface area contributed by atoms with Crippen molar-refractivity contribution in [1.82, 2.24) is 5.32 Å². The normalized spacial score (nSPS) is 16.0. The van der Waals surface area contributed by atoms with Crippen molar-refractivity contribution >= 4 is 23.5 Å². The fourth-order valence-electron chi connectivity index (χ4n) is 3.38. The van der Waals surface area contributed by atoms with Crippen LogP contribution in [0.3, 0.4) is 0 Å². The van der Waals surface area contributed by atoms with E-state index in [1.165, 1.54) is 7.11 Å². The molecule has 0 spiro atoms. The highest BCUT2D eigenvalue weighted by Crippen LogP contribution is 2.42. The third kappa shape index (κ3) is 5.07. The van der Waals surface area contributed by atoms with Gasteiger partial charge in [0.15, 0.2) is 0 Å². The van der Waals surface area contributed by atoms with Gasteiger partial charge in [-0.25, -0.2) is 4.79 Å². The van der Waals surface area contributed by atoms with Gasteiger partial charge in [0.25, 0.3) is 0 Å². The minimum absolute atomic E-state index is 0.101. The van der Waals surface area contributed by atoms with E-state index in [2.05, 4.69) is 15.4 Å². The molecule has 0 heterocycles. The van der Waals surface area contributed by atoms with Crippen LogP contribution in [-0.2, 0) is 14.3 Å². The summed E-state index contributed by atoms with van der Waals surface area (Å²) in [4.78, 5) is 36.8. The molecule has 0 aromatic heterocycles. The van der Waals surface area contributed by atoms with Crippen LogP contribution in [0.1, 0.15) is 63.2 Å². The second-order valence-electron chi connectivity index (χ2n) is 7.99. The number of rotatable bonds is 5. The van der Waals surface area contributed by atoms with E-state index >= 15 is 0 Å². The van der Waals surface area contributed by atoms with Crippen molar-refractivity contribution in [2.45, 2.75) is 58.4 Å². The second-order valence-corrected chi connectivity index (χ2v) is 7.99. The number of anilines is 1. The van der Waals surface area contributed by atoms with Crippen LogP contribution in [0.4, 0.5) is 5.69 Å². The SMILES string of the molecule is COC(=O)c1ccc(NC(=O)C2(CC(=O)NC(C)(C)C)CCCC2)cc1. The number of esters is 1. The van der Waals surface area contributed by atoms with Crippen LogP contribution in [0, 0.1) is 5.41 Å². The molecule has 2 amide bonds. The van der Waals surface area contributed by atoms with Crippen molar-refractivity contribution in [1.29, 1.82) is 0 Å². The van der Waals surface area contributed by atoms with Crippen molar-refractivity contribution < 1.29 is 19.1 Å². The van der Waals surface area contributed by atoms with Crippen molar-refractivity contribution in [3.05, 3.63) is 29.8 Å². The molecule has 0 saturated heterocycles. The minimum atomic E-state index is -0.670. The van der Waals surface area contributed by atoms with E-state index in [0.717, 1.165) is 12.8 Å². The molecule has 6 nitrogen and oxygen atoms in total. The van der Waals surface area contributed by atoms with Crippen LogP contribution in [-0.4, -0.2) is 30.4 Å². The lowest BCUT2D eigenvalue weighted by Crippen LogP contribution is -2.45. The quantitative estimate of drug-likeness (QED) is 0.789. The van der Waals surface area contributed by atoms with Crippen LogP contribution in [0.5, 0.6) is 0 Å². The first-order valence-electron chi connectivity index (χ1n) is 8.96. The van der Waals surface area contributed by atoms with Crippen LogP contribution >= 0.6 is 0 Å². The third-order valence-electron chi connectivity index (χ3n) is 4.62. The maximum atomic E-state index is 12.9. The van der Waals surface area contributed by atoms with Crippen LogP contribution in [0.25, 0.3) is 0 Å². The number of carbonyl (C=O) groups is 3. The summed E-state index contributed by atoms with van der Waals surface area (Å²) in [5, 5.41) is 5.85. The molecule has 1 aliphatic carbocycles. The molecule has 6 heteroatoms. The van der Waals surface area contributed by atoms with Gasteiger partial charge in [0.2, 0.25) is 11.8 Å². The Labute approximate surface area is 154 Å². The van der Waals surface area contributed by atoms with Gasteiger partial charge in [-0.1, -0.05) is 12.8 Å². The van der Waals surface area contributed by atoms with E-state index in [1.54, 1.807) is 24.3 Å². The van der Waals surface area contributed by atoms with Gasteiger partial charge in [-0.2, -0.15) is 0 Å². The fourth-order valence-corrected chi connectivity index (χ4v) is 3.38. The highest BCUT2D eigenvalue weighted by atomic mass is 16.5. The summed E-state index contributed by atoms with van der Waals surface area (Å²) < 4.78 is 4.67. The Morgan fingerprint density at radius 1 is 1.08 bits per heavy atom. The molecule has 1 aromatic carbocycles. The van der Waals surface area contributed by atoms with E-state index in [4.69, 9.17) is 0 Å². The molecular formula is C20H28N2O4. The van der Waals surface area contributed by atoms with Gasteiger partial charge >= 0.3 is 5.97 Å². The molecule has 26 heavy (non-hydrogen) atoms. The molecule has 2 rings (SSSR count). The number of amides is 2. The number of hydrogen-bond acceptors (Lipinski definition) is 4. The lowest BCUT2D eigenvalue weighted by molar-refractivity contribution is -0.133. The summed E-state index contributed by atoms with van der Waals surface area (Å²) >= 11 is 0. The Kier molecular flexibility index (Phi) is 6.05. The third-order valence-corrected chi connectivity index (χ3v) is 4.62. The average molecular weight is 360 g/mol. The molecule has 0 bridgehead atoms. The highest BCUT2D eigenvalue weighted by molar-refractivity contribution is 5.98. The van der Waals surface area contributed by atoms with Crippen molar-refractivity contribution in [3.63, 3.8) is 0 Å². The summed E-state index contributed by atoms with van der Waals surface area (Å²) in [5.74, 6) is -0.658. The lowest BCUT2D eigenvalue weighted by atomic mass is 9.81. The van der Waals surface area contributed by atoms with E-state index in [-0.39, 0.29) is 23.8 Å². The van der Waals surface area contributed by atoms with E-state index in [1.807, 2.05) is 20.8 Å². The first kappa shape index (κ1) is 19.9. The zero-order valence-electron chi connectivity index (χ0n) is 16.0. The monoisotopic (exact) mass is 360 g/mol. The fraction of sp³-hybridized carbons (Fsp3) is 0.550. The number of ether oxygens (including phenoxy) is 1. The Hall–Kier alpha value is -2.37. The largest absolute Gasteiger partial charge is 0.465 e. The smallest absolute Gasteiger partial charge is 0.337 e. The second kappa shape index (κ2) is 7.89. The van der Waals surface area contributed by atoms with Crippen LogP contribution in [0.2, 0.25) is 0 Å². The summed E-state index contributed by atoms with van der Waals surface area (Å²) in [7, 11) is 1.32. The van der Waals surface area contributed by atoms with Gasteiger partial charge in [-0.05, 0) is 57.9 Å². The van der Waals surface area contributed by atoms with Gasteiger partial charge in [0.1, 0.15) is 0 Å². The van der Waals surface area contributed by atoms with E-state index in [0.29, 0.717) is 24.1 Å². The zero-order chi connectivity index (χ0) is 19.4. The van der Waals surface area contributed by atoms with Crippen LogP contribution in [0.15, 0.2) is 24.3 Å². The predicted molar refractivity (Wildman–Crippen MR) is 99.8 cm³/mol. The number of benzene rings is 1. The predicted octanol–water partition coefficient (Wildman–Crippen LogP) is 3.28. The number of hydrogen-bond donors (Lipinski definition) is 2. The van der Waals surface area contributed by atoms with Gasteiger partial charge in [0.05, 0.1) is 18.1 Å². The van der Waals surface area contributed by atoms with E-state index < -0.39 is 11.4 Å². The molecule has 142 valence electrons. The van der Waals surface area contributed by atoms with Gasteiger partial charge in [-0.3, -0.25) is 9.59 Å². The first-order valence-corrected chi connectivity index (χ1v) is 8.96. The van der Waals surface area contributed by atoms with Crippen molar-refractivity contribution in [3.8, 4) is 0 Å². The molecule has 0 unspecified atom stereocenters. The Morgan fingerprint density at radius 3 is 2.15 bits per heavy atom. The summed E-state index contributed by atoms with van der Waals surface area (Å²) in [6.07, 6.45) is 3.48. The lowest BCUT2D eigenvalue weighted by Gasteiger charge is -2.29. The van der Waals surface area contributed by atoms with Crippen LogP contribution < -0.4 is 10.6 Å². The molecular weight excluding hydrogens is 332 g/mol. The molecule has 0 aliphatic heterocycles. The summed E-state index contributed by atoms with van der Waals surface area (Å²) in [6, 6.07) is 6.55. The maximum absolute atomic E-state index is 12.9. The Bertz CT molecular complexity index is 668. The molecule has 1 fully saturated rings.